The number of rotatable bonds is 2. The summed E-state index contributed by atoms with van der Waals surface area (Å²) in [5.41, 5.74) is 0. The molecule has 7 heteroatoms. The minimum atomic E-state index is -3.04. The molecule has 0 bridgehead atoms. The Morgan fingerprint density at radius 1 is 1.44 bits per heavy atom. The molecule has 2 rings (SSSR count). The highest BCUT2D eigenvalue weighted by molar-refractivity contribution is 7.91. The van der Waals surface area contributed by atoms with Gasteiger partial charge in [-0.3, -0.25) is 9.59 Å². The fourth-order valence-corrected chi connectivity index (χ4v) is 4.00. The Balaban J connectivity index is 2.07. The van der Waals surface area contributed by atoms with Crippen molar-refractivity contribution in [2.24, 2.45) is 5.92 Å². The van der Waals surface area contributed by atoms with Gasteiger partial charge < -0.3 is 10.0 Å². The third-order valence-electron chi connectivity index (χ3n) is 3.16. The van der Waals surface area contributed by atoms with Gasteiger partial charge in [-0.25, -0.2) is 8.42 Å². The molecule has 2 saturated heterocycles. The Morgan fingerprint density at radius 3 is 2.56 bits per heavy atom. The van der Waals surface area contributed by atoms with Crippen LogP contribution in [0.15, 0.2) is 0 Å². The van der Waals surface area contributed by atoms with Crippen LogP contribution < -0.4 is 0 Å². The molecule has 1 N–H and O–H groups in total. The highest BCUT2D eigenvalue weighted by Gasteiger charge is 2.41. The van der Waals surface area contributed by atoms with Crippen molar-refractivity contribution in [1.29, 1.82) is 0 Å². The number of aliphatic carboxylic acids is 1. The highest BCUT2D eigenvalue weighted by atomic mass is 32.2. The van der Waals surface area contributed by atoms with Gasteiger partial charge >= 0.3 is 5.97 Å². The van der Waals surface area contributed by atoms with Gasteiger partial charge in [0.1, 0.15) is 0 Å². The van der Waals surface area contributed by atoms with E-state index < -0.39 is 21.7 Å². The van der Waals surface area contributed by atoms with Crippen LogP contribution in [0, 0.1) is 5.92 Å². The second kappa shape index (κ2) is 3.73. The number of hydrogen-bond acceptors (Lipinski definition) is 4. The number of likely N-dealkylation sites (tertiary alicyclic amines) is 1. The van der Waals surface area contributed by atoms with E-state index in [4.69, 9.17) is 5.11 Å². The number of nitrogens with zero attached hydrogens (tertiary/aromatic N) is 1. The first kappa shape index (κ1) is 11.4. The van der Waals surface area contributed by atoms with Crippen LogP contribution in [0.2, 0.25) is 0 Å². The molecule has 0 radical (unpaired) electrons. The molecule has 0 aromatic carbocycles. The summed E-state index contributed by atoms with van der Waals surface area (Å²) >= 11 is 0. The third-order valence-corrected chi connectivity index (χ3v) is 4.91. The molecule has 16 heavy (non-hydrogen) atoms. The number of carbonyl (C=O) groups is 2. The number of hydrogen-bond donors (Lipinski definition) is 1. The summed E-state index contributed by atoms with van der Waals surface area (Å²) in [7, 11) is -3.04. The average molecular weight is 247 g/mol. The second-order valence-corrected chi connectivity index (χ2v) is 6.57. The van der Waals surface area contributed by atoms with Crippen LogP contribution in [0.25, 0.3) is 0 Å². The first-order valence-corrected chi connectivity index (χ1v) is 6.94. The number of carboxylic acid groups (broad SMARTS) is 1. The van der Waals surface area contributed by atoms with Gasteiger partial charge in [0.25, 0.3) is 0 Å². The van der Waals surface area contributed by atoms with Crippen LogP contribution in [-0.2, 0) is 19.4 Å². The third kappa shape index (κ3) is 2.04. The molecule has 6 nitrogen and oxygen atoms in total. The SMILES string of the molecule is O=C(O)[C@@H]1CC(=O)N([C@H]2CCS(=O)(=O)C2)C1. The Kier molecular flexibility index (Phi) is 2.65. The summed E-state index contributed by atoms with van der Waals surface area (Å²) in [6, 6.07) is -0.318. The van der Waals surface area contributed by atoms with Crippen LogP contribution in [0.1, 0.15) is 12.8 Å². The van der Waals surface area contributed by atoms with E-state index in [1.54, 1.807) is 0 Å². The predicted molar refractivity (Wildman–Crippen MR) is 54.5 cm³/mol. The number of sulfone groups is 1. The van der Waals surface area contributed by atoms with E-state index >= 15 is 0 Å². The van der Waals surface area contributed by atoms with E-state index in [0.717, 1.165) is 0 Å². The van der Waals surface area contributed by atoms with Crippen molar-refractivity contribution < 1.29 is 23.1 Å². The lowest BCUT2D eigenvalue weighted by molar-refractivity contribution is -0.141. The van der Waals surface area contributed by atoms with E-state index in [9.17, 15) is 18.0 Å². The Morgan fingerprint density at radius 2 is 2.12 bits per heavy atom. The predicted octanol–water partition coefficient (Wildman–Crippen LogP) is -0.893. The molecule has 2 aliphatic rings. The van der Waals surface area contributed by atoms with Crippen LogP contribution in [0.5, 0.6) is 0 Å². The summed E-state index contributed by atoms with van der Waals surface area (Å²) < 4.78 is 22.5. The number of carbonyl (C=O) groups excluding carboxylic acids is 1. The minimum Gasteiger partial charge on any atom is -0.481 e. The summed E-state index contributed by atoms with van der Waals surface area (Å²) in [6.07, 6.45) is 0.423. The van der Waals surface area contributed by atoms with Crippen molar-refractivity contribution >= 4 is 21.7 Å². The number of carboxylic acids is 1. The average Bonchev–Trinajstić information content (AvgIpc) is 2.69. The monoisotopic (exact) mass is 247 g/mol. The smallest absolute Gasteiger partial charge is 0.308 e. The van der Waals surface area contributed by atoms with Gasteiger partial charge in [-0.2, -0.15) is 0 Å². The van der Waals surface area contributed by atoms with Gasteiger partial charge in [-0.15, -0.1) is 0 Å². The van der Waals surface area contributed by atoms with Gasteiger partial charge in [-0.1, -0.05) is 0 Å². The van der Waals surface area contributed by atoms with Crippen molar-refractivity contribution in [2.45, 2.75) is 18.9 Å². The lowest BCUT2D eigenvalue weighted by Gasteiger charge is -2.22. The van der Waals surface area contributed by atoms with Crippen molar-refractivity contribution in [3.63, 3.8) is 0 Å². The molecule has 0 saturated carbocycles. The maximum atomic E-state index is 11.6. The molecule has 0 aromatic rings. The topological polar surface area (TPSA) is 91.8 Å². The molecular weight excluding hydrogens is 234 g/mol. The van der Waals surface area contributed by atoms with E-state index in [1.807, 2.05) is 0 Å². The zero-order valence-electron chi connectivity index (χ0n) is 8.63. The van der Waals surface area contributed by atoms with E-state index in [0.29, 0.717) is 6.42 Å². The van der Waals surface area contributed by atoms with Crippen LogP contribution in [0.4, 0.5) is 0 Å². The molecule has 2 atom stereocenters. The normalized spacial score (nSPS) is 33.2. The zero-order chi connectivity index (χ0) is 11.9. The van der Waals surface area contributed by atoms with Crippen molar-refractivity contribution in [3.8, 4) is 0 Å². The van der Waals surface area contributed by atoms with Crippen LogP contribution in [-0.4, -0.2) is 54.4 Å². The minimum absolute atomic E-state index is 0.00805. The molecule has 90 valence electrons. The van der Waals surface area contributed by atoms with Crippen molar-refractivity contribution in [2.75, 3.05) is 18.1 Å². The molecule has 2 aliphatic heterocycles. The summed E-state index contributed by atoms with van der Waals surface area (Å²) in [4.78, 5) is 23.7. The van der Waals surface area contributed by atoms with E-state index in [1.165, 1.54) is 4.90 Å². The highest BCUT2D eigenvalue weighted by Crippen LogP contribution is 2.26. The van der Waals surface area contributed by atoms with Crippen LogP contribution >= 0.6 is 0 Å². The fourth-order valence-electron chi connectivity index (χ4n) is 2.27. The first-order valence-electron chi connectivity index (χ1n) is 5.12. The Labute approximate surface area is 93.1 Å². The quantitative estimate of drug-likeness (QED) is 0.683. The summed E-state index contributed by atoms with van der Waals surface area (Å²) in [5, 5.41) is 8.80. The van der Waals surface area contributed by atoms with Gasteiger partial charge in [0.2, 0.25) is 5.91 Å². The molecular formula is C9H13NO5S. The second-order valence-electron chi connectivity index (χ2n) is 4.34. The lowest BCUT2D eigenvalue weighted by Crippen LogP contribution is -2.37. The van der Waals surface area contributed by atoms with E-state index in [-0.39, 0.29) is 36.4 Å². The maximum absolute atomic E-state index is 11.6. The van der Waals surface area contributed by atoms with Crippen molar-refractivity contribution in [1.82, 2.24) is 4.90 Å². The summed E-state index contributed by atoms with van der Waals surface area (Å²) in [6.45, 7) is 0.147. The summed E-state index contributed by atoms with van der Waals surface area (Å²) in [5.74, 6) is -1.84. The zero-order valence-corrected chi connectivity index (χ0v) is 9.44. The molecule has 1 amide bonds. The van der Waals surface area contributed by atoms with Crippen LogP contribution in [0.3, 0.4) is 0 Å². The molecule has 2 heterocycles. The molecule has 0 spiro atoms. The van der Waals surface area contributed by atoms with Gasteiger partial charge in [-0.05, 0) is 6.42 Å². The fraction of sp³-hybridized carbons (Fsp3) is 0.778. The van der Waals surface area contributed by atoms with Gasteiger partial charge in [0, 0.05) is 19.0 Å². The Bertz CT molecular complexity index is 429. The first-order chi connectivity index (χ1) is 7.39. The van der Waals surface area contributed by atoms with E-state index in [2.05, 4.69) is 0 Å². The lowest BCUT2D eigenvalue weighted by atomic mass is 10.1. The molecule has 2 fully saturated rings. The standard InChI is InChI=1S/C9H13NO5S/c11-8-3-6(9(12)13)4-10(8)7-1-2-16(14,15)5-7/h6-7H,1-5H2,(H,12,13)/t6-,7+/m1/s1. The molecule has 0 aromatic heterocycles. The largest absolute Gasteiger partial charge is 0.481 e. The molecule has 0 unspecified atom stereocenters. The van der Waals surface area contributed by atoms with Gasteiger partial charge in [0.15, 0.2) is 9.84 Å². The van der Waals surface area contributed by atoms with Crippen molar-refractivity contribution in [3.05, 3.63) is 0 Å². The van der Waals surface area contributed by atoms with Gasteiger partial charge in [0.05, 0.1) is 17.4 Å². The Hall–Kier alpha value is -1.11. The molecule has 0 aliphatic carbocycles. The number of amides is 1. The maximum Gasteiger partial charge on any atom is 0.308 e.